The standard InChI is InChI=1S/C12H22N2O/c1-9-3-2-4-10(9)8-14-12(15)11-5-6-13-7-11/h9-11,13H,2-8H2,1H3,(H,14,15). The molecule has 0 radical (unpaired) electrons. The minimum absolute atomic E-state index is 0.224. The first-order valence-corrected chi connectivity index (χ1v) is 6.26. The van der Waals surface area contributed by atoms with Gasteiger partial charge in [-0.05, 0) is 31.2 Å². The molecule has 0 spiro atoms. The van der Waals surface area contributed by atoms with Crippen LogP contribution in [0.1, 0.15) is 32.6 Å². The van der Waals surface area contributed by atoms with E-state index in [1.165, 1.54) is 19.3 Å². The largest absolute Gasteiger partial charge is 0.356 e. The lowest BCUT2D eigenvalue weighted by Gasteiger charge is -2.17. The van der Waals surface area contributed by atoms with Gasteiger partial charge in [0.2, 0.25) is 5.91 Å². The average molecular weight is 210 g/mol. The minimum Gasteiger partial charge on any atom is -0.356 e. The highest BCUT2D eigenvalue weighted by molar-refractivity contribution is 5.79. The minimum atomic E-state index is 0.224. The summed E-state index contributed by atoms with van der Waals surface area (Å²) in [7, 11) is 0. The van der Waals surface area contributed by atoms with Crippen molar-refractivity contribution in [2.45, 2.75) is 32.6 Å². The zero-order chi connectivity index (χ0) is 10.7. The van der Waals surface area contributed by atoms with Gasteiger partial charge in [-0.15, -0.1) is 0 Å². The van der Waals surface area contributed by atoms with Crippen molar-refractivity contribution in [3.05, 3.63) is 0 Å². The molecule has 1 saturated carbocycles. The van der Waals surface area contributed by atoms with Crippen LogP contribution in [0.3, 0.4) is 0 Å². The second-order valence-electron chi connectivity index (χ2n) is 5.10. The van der Waals surface area contributed by atoms with Gasteiger partial charge in [-0.3, -0.25) is 4.79 Å². The third-order valence-corrected chi connectivity index (χ3v) is 4.01. The summed E-state index contributed by atoms with van der Waals surface area (Å²) in [6.45, 7) is 5.07. The summed E-state index contributed by atoms with van der Waals surface area (Å²) in [4.78, 5) is 11.8. The molecule has 3 nitrogen and oxygen atoms in total. The number of hydrogen-bond acceptors (Lipinski definition) is 2. The zero-order valence-corrected chi connectivity index (χ0v) is 9.59. The van der Waals surface area contributed by atoms with E-state index in [0.29, 0.717) is 0 Å². The van der Waals surface area contributed by atoms with Crippen molar-refractivity contribution in [2.75, 3.05) is 19.6 Å². The Kier molecular flexibility index (Phi) is 3.62. The molecular formula is C12H22N2O. The summed E-state index contributed by atoms with van der Waals surface area (Å²) < 4.78 is 0. The fourth-order valence-electron chi connectivity index (χ4n) is 2.78. The lowest BCUT2D eigenvalue weighted by atomic mass is 9.98. The summed E-state index contributed by atoms with van der Waals surface area (Å²) in [6.07, 6.45) is 4.98. The fraction of sp³-hybridized carbons (Fsp3) is 0.917. The van der Waals surface area contributed by atoms with Crippen LogP contribution in [0.5, 0.6) is 0 Å². The van der Waals surface area contributed by atoms with Gasteiger partial charge in [0.05, 0.1) is 5.92 Å². The molecule has 0 aromatic heterocycles. The van der Waals surface area contributed by atoms with Crippen molar-refractivity contribution in [1.29, 1.82) is 0 Å². The van der Waals surface area contributed by atoms with Gasteiger partial charge >= 0.3 is 0 Å². The van der Waals surface area contributed by atoms with E-state index >= 15 is 0 Å². The van der Waals surface area contributed by atoms with Gasteiger partial charge in [-0.25, -0.2) is 0 Å². The Morgan fingerprint density at radius 3 is 2.87 bits per heavy atom. The molecule has 0 bridgehead atoms. The van der Waals surface area contributed by atoms with Crippen LogP contribution in [0.4, 0.5) is 0 Å². The van der Waals surface area contributed by atoms with Crippen molar-refractivity contribution in [2.24, 2.45) is 17.8 Å². The third kappa shape index (κ3) is 2.71. The van der Waals surface area contributed by atoms with Crippen molar-refractivity contribution >= 4 is 5.91 Å². The Morgan fingerprint density at radius 2 is 2.27 bits per heavy atom. The van der Waals surface area contributed by atoms with Gasteiger partial charge in [0, 0.05) is 13.1 Å². The summed E-state index contributed by atoms with van der Waals surface area (Å²) in [5.74, 6) is 2.01. The van der Waals surface area contributed by atoms with Gasteiger partial charge in [-0.1, -0.05) is 19.8 Å². The van der Waals surface area contributed by atoms with Gasteiger partial charge in [0.1, 0.15) is 0 Å². The molecule has 3 heteroatoms. The van der Waals surface area contributed by atoms with E-state index in [1.54, 1.807) is 0 Å². The maximum atomic E-state index is 11.8. The zero-order valence-electron chi connectivity index (χ0n) is 9.59. The molecule has 0 aromatic rings. The van der Waals surface area contributed by atoms with Gasteiger partial charge in [0.15, 0.2) is 0 Å². The molecule has 86 valence electrons. The normalized spacial score (nSPS) is 35.7. The number of carbonyl (C=O) groups is 1. The molecule has 1 saturated heterocycles. The quantitative estimate of drug-likeness (QED) is 0.733. The molecule has 15 heavy (non-hydrogen) atoms. The van der Waals surface area contributed by atoms with Gasteiger partial charge < -0.3 is 10.6 Å². The van der Waals surface area contributed by atoms with Crippen LogP contribution in [0, 0.1) is 17.8 Å². The van der Waals surface area contributed by atoms with Crippen LogP contribution in [-0.2, 0) is 4.79 Å². The Morgan fingerprint density at radius 1 is 1.40 bits per heavy atom. The smallest absolute Gasteiger partial charge is 0.224 e. The van der Waals surface area contributed by atoms with Gasteiger partial charge in [0.25, 0.3) is 0 Å². The van der Waals surface area contributed by atoms with E-state index in [4.69, 9.17) is 0 Å². The van der Waals surface area contributed by atoms with Crippen molar-refractivity contribution in [1.82, 2.24) is 10.6 Å². The van der Waals surface area contributed by atoms with E-state index in [2.05, 4.69) is 17.6 Å². The van der Waals surface area contributed by atoms with E-state index in [9.17, 15) is 4.79 Å². The maximum Gasteiger partial charge on any atom is 0.224 e. The van der Waals surface area contributed by atoms with Crippen LogP contribution in [-0.4, -0.2) is 25.5 Å². The molecule has 2 aliphatic rings. The Balaban J connectivity index is 1.70. The fourth-order valence-corrected chi connectivity index (χ4v) is 2.78. The molecule has 2 rings (SSSR count). The highest BCUT2D eigenvalue weighted by Crippen LogP contribution is 2.30. The molecule has 0 aromatic carbocycles. The second kappa shape index (κ2) is 4.97. The molecule has 3 unspecified atom stereocenters. The maximum absolute atomic E-state index is 11.8. The Bertz CT molecular complexity index is 224. The predicted octanol–water partition coefficient (Wildman–Crippen LogP) is 1.15. The number of rotatable bonds is 3. The van der Waals surface area contributed by atoms with E-state index in [1.807, 2.05) is 0 Å². The topological polar surface area (TPSA) is 41.1 Å². The third-order valence-electron chi connectivity index (χ3n) is 4.01. The summed E-state index contributed by atoms with van der Waals surface area (Å²) in [6, 6.07) is 0. The van der Waals surface area contributed by atoms with Crippen LogP contribution in [0.15, 0.2) is 0 Å². The SMILES string of the molecule is CC1CCCC1CNC(=O)C1CCNC1. The number of amides is 1. The highest BCUT2D eigenvalue weighted by Gasteiger charge is 2.26. The van der Waals surface area contributed by atoms with Crippen molar-refractivity contribution in [3.8, 4) is 0 Å². The van der Waals surface area contributed by atoms with Crippen molar-refractivity contribution in [3.63, 3.8) is 0 Å². The Labute approximate surface area is 92.0 Å². The molecule has 1 heterocycles. The van der Waals surface area contributed by atoms with Crippen LogP contribution >= 0.6 is 0 Å². The van der Waals surface area contributed by atoms with E-state index < -0.39 is 0 Å². The number of hydrogen-bond donors (Lipinski definition) is 2. The molecule has 2 N–H and O–H groups in total. The molecule has 2 fully saturated rings. The van der Waals surface area contributed by atoms with Crippen molar-refractivity contribution < 1.29 is 4.79 Å². The molecular weight excluding hydrogens is 188 g/mol. The predicted molar refractivity (Wildman–Crippen MR) is 60.5 cm³/mol. The molecule has 1 aliphatic carbocycles. The lowest BCUT2D eigenvalue weighted by molar-refractivity contribution is -0.124. The first kappa shape index (κ1) is 10.9. The monoisotopic (exact) mass is 210 g/mol. The van der Waals surface area contributed by atoms with Crippen LogP contribution in [0.2, 0.25) is 0 Å². The highest BCUT2D eigenvalue weighted by atomic mass is 16.1. The van der Waals surface area contributed by atoms with E-state index in [-0.39, 0.29) is 11.8 Å². The first-order chi connectivity index (χ1) is 7.27. The van der Waals surface area contributed by atoms with Crippen LogP contribution in [0.25, 0.3) is 0 Å². The molecule has 3 atom stereocenters. The summed E-state index contributed by atoms with van der Waals surface area (Å²) >= 11 is 0. The number of carbonyl (C=O) groups excluding carboxylic acids is 1. The van der Waals surface area contributed by atoms with Gasteiger partial charge in [-0.2, -0.15) is 0 Å². The molecule has 1 amide bonds. The average Bonchev–Trinajstić information content (AvgIpc) is 2.85. The lowest BCUT2D eigenvalue weighted by Crippen LogP contribution is -2.35. The molecule has 1 aliphatic heterocycles. The second-order valence-corrected chi connectivity index (χ2v) is 5.10. The van der Waals surface area contributed by atoms with E-state index in [0.717, 1.165) is 37.9 Å². The first-order valence-electron chi connectivity index (χ1n) is 6.26. The summed E-state index contributed by atoms with van der Waals surface area (Å²) in [5, 5.41) is 6.35. The number of nitrogens with one attached hydrogen (secondary N) is 2. The van der Waals surface area contributed by atoms with Crippen LogP contribution < -0.4 is 10.6 Å². The Hall–Kier alpha value is -0.570. The summed E-state index contributed by atoms with van der Waals surface area (Å²) in [5.41, 5.74) is 0.